The maximum absolute atomic E-state index is 13.3. The zero-order valence-corrected chi connectivity index (χ0v) is 17.3. The normalized spacial score (nSPS) is 13.1. The molecule has 0 spiro atoms. The van der Waals surface area contributed by atoms with Crippen LogP contribution in [0.3, 0.4) is 0 Å². The van der Waals surface area contributed by atoms with Crippen molar-refractivity contribution < 1.29 is 22.6 Å². The number of benzene rings is 3. The quantitative estimate of drug-likeness (QED) is 0.384. The van der Waals surface area contributed by atoms with Crippen molar-refractivity contribution in [2.45, 2.75) is 45.3 Å². The van der Waals surface area contributed by atoms with Gasteiger partial charge in [0.1, 0.15) is 13.2 Å². The van der Waals surface area contributed by atoms with Gasteiger partial charge in [-0.3, -0.25) is 5.32 Å². The van der Waals surface area contributed by atoms with Crippen LogP contribution >= 0.6 is 0 Å². The summed E-state index contributed by atoms with van der Waals surface area (Å²) in [5.41, 5.74) is 2.87. The van der Waals surface area contributed by atoms with Crippen molar-refractivity contribution in [2.75, 3.05) is 0 Å². The minimum Gasteiger partial charge on any atom is -0.485 e. The molecule has 0 aromatic heterocycles. The van der Waals surface area contributed by atoms with E-state index in [9.17, 15) is 13.2 Å². The molecule has 0 radical (unpaired) electrons. The zero-order chi connectivity index (χ0) is 22.1. The van der Waals surface area contributed by atoms with Crippen molar-refractivity contribution in [3.05, 3.63) is 95.6 Å². The van der Waals surface area contributed by atoms with Crippen LogP contribution in [-0.2, 0) is 19.6 Å². The molecule has 1 N–H and O–H groups in total. The first-order chi connectivity index (χ1) is 15.0. The van der Waals surface area contributed by atoms with Crippen LogP contribution in [0.2, 0.25) is 0 Å². The van der Waals surface area contributed by atoms with Crippen LogP contribution in [0.1, 0.15) is 23.6 Å². The highest BCUT2D eigenvalue weighted by molar-refractivity contribution is 5.43. The fourth-order valence-electron chi connectivity index (χ4n) is 3.14. The Morgan fingerprint density at radius 2 is 1.26 bits per heavy atom. The first-order valence-corrected chi connectivity index (χ1v) is 10.2. The molecular formula is C25H26F3NO2. The molecular weight excluding hydrogens is 403 g/mol. The van der Waals surface area contributed by atoms with Crippen LogP contribution in [0.5, 0.6) is 11.5 Å². The lowest BCUT2D eigenvalue weighted by molar-refractivity contribution is 0.0250. The molecule has 31 heavy (non-hydrogen) atoms. The van der Waals surface area contributed by atoms with Gasteiger partial charge >= 0.3 is 0 Å². The fraction of sp³-hybridized carbons (Fsp3) is 0.280. The number of hydrogen-bond acceptors (Lipinski definition) is 3. The Morgan fingerprint density at radius 3 is 1.81 bits per heavy atom. The summed E-state index contributed by atoms with van der Waals surface area (Å²) in [5, 5.41) is 2.28. The molecule has 2 atom stereocenters. The maximum Gasteiger partial charge on any atom is 0.282 e. The molecule has 6 heteroatoms. The second kappa shape index (κ2) is 11.4. The van der Waals surface area contributed by atoms with Crippen LogP contribution in [-0.4, -0.2) is 18.8 Å². The van der Waals surface area contributed by atoms with E-state index in [0.29, 0.717) is 31.1 Å². The highest BCUT2D eigenvalue weighted by Gasteiger charge is 2.21. The largest absolute Gasteiger partial charge is 0.485 e. The smallest absolute Gasteiger partial charge is 0.282 e. The van der Waals surface area contributed by atoms with E-state index < -0.39 is 18.8 Å². The molecule has 0 aliphatic rings. The summed E-state index contributed by atoms with van der Waals surface area (Å²) in [5.74, 6) is 1.13. The topological polar surface area (TPSA) is 30.5 Å². The Kier molecular flexibility index (Phi) is 8.35. The first kappa shape index (κ1) is 22.7. The summed E-state index contributed by atoms with van der Waals surface area (Å²) in [6, 6.07) is 24.5. The SMILES string of the molecule is CC(Cc1ccc(OCc2ccccc2)c(OCc2ccccc2)c1)NC(F)C(F)F. The van der Waals surface area contributed by atoms with Crippen molar-refractivity contribution in [3.8, 4) is 11.5 Å². The van der Waals surface area contributed by atoms with Gasteiger partial charge in [-0.1, -0.05) is 66.7 Å². The molecule has 3 aromatic rings. The Bertz CT molecular complexity index is 923. The molecule has 3 rings (SSSR count). The molecule has 0 bridgehead atoms. The first-order valence-electron chi connectivity index (χ1n) is 10.2. The molecule has 0 saturated heterocycles. The van der Waals surface area contributed by atoms with E-state index in [1.54, 1.807) is 13.0 Å². The zero-order valence-electron chi connectivity index (χ0n) is 17.3. The molecule has 0 fully saturated rings. The number of alkyl halides is 3. The Balaban J connectivity index is 1.72. The van der Waals surface area contributed by atoms with Gasteiger partial charge in [-0.25, -0.2) is 13.2 Å². The third-order valence-electron chi connectivity index (χ3n) is 4.69. The summed E-state index contributed by atoms with van der Waals surface area (Å²) in [6.45, 7) is 2.41. The Labute approximate surface area is 180 Å². The number of ether oxygens (including phenoxy) is 2. The van der Waals surface area contributed by atoms with Crippen molar-refractivity contribution in [1.29, 1.82) is 0 Å². The van der Waals surface area contributed by atoms with E-state index in [1.165, 1.54) is 0 Å². The minimum absolute atomic E-state index is 0.359. The van der Waals surface area contributed by atoms with E-state index in [4.69, 9.17) is 9.47 Å². The van der Waals surface area contributed by atoms with E-state index >= 15 is 0 Å². The van der Waals surface area contributed by atoms with Crippen molar-refractivity contribution >= 4 is 0 Å². The van der Waals surface area contributed by atoms with Crippen LogP contribution in [0.4, 0.5) is 13.2 Å². The fourth-order valence-corrected chi connectivity index (χ4v) is 3.14. The maximum atomic E-state index is 13.3. The Morgan fingerprint density at radius 1 is 0.710 bits per heavy atom. The predicted molar refractivity (Wildman–Crippen MR) is 115 cm³/mol. The summed E-state index contributed by atoms with van der Waals surface area (Å²) in [7, 11) is 0. The van der Waals surface area contributed by atoms with Crippen LogP contribution in [0.25, 0.3) is 0 Å². The van der Waals surface area contributed by atoms with Gasteiger partial charge in [-0.15, -0.1) is 0 Å². The molecule has 3 aromatic carbocycles. The second-order valence-corrected chi connectivity index (χ2v) is 7.34. The summed E-state index contributed by atoms with van der Waals surface area (Å²) < 4.78 is 50.2. The molecule has 0 aliphatic heterocycles. The highest BCUT2D eigenvalue weighted by atomic mass is 19.3. The molecule has 0 amide bonds. The third kappa shape index (κ3) is 7.33. The van der Waals surface area contributed by atoms with Crippen molar-refractivity contribution in [1.82, 2.24) is 5.32 Å². The van der Waals surface area contributed by atoms with Gasteiger partial charge in [0.2, 0.25) is 6.30 Å². The predicted octanol–water partition coefficient (Wildman–Crippen LogP) is 5.93. The van der Waals surface area contributed by atoms with Crippen LogP contribution < -0.4 is 14.8 Å². The van der Waals surface area contributed by atoms with Gasteiger partial charge in [-0.2, -0.15) is 0 Å². The lowest BCUT2D eigenvalue weighted by Crippen LogP contribution is -2.39. The van der Waals surface area contributed by atoms with E-state index in [-0.39, 0.29) is 0 Å². The van der Waals surface area contributed by atoms with Gasteiger partial charge in [-0.05, 0) is 42.2 Å². The van der Waals surface area contributed by atoms with Gasteiger partial charge in [0, 0.05) is 6.04 Å². The standard InChI is InChI=1S/C25H26F3NO2/c1-18(29-25(28)24(26)27)14-21-12-13-22(30-16-19-8-4-2-5-9-19)23(15-21)31-17-20-10-6-3-7-11-20/h2-13,15,18,24-25,29H,14,16-17H2,1H3. The van der Waals surface area contributed by atoms with E-state index in [0.717, 1.165) is 16.7 Å². The third-order valence-corrected chi connectivity index (χ3v) is 4.69. The average molecular weight is 429 g/mol. The molecule has 0 aliphatic carbocycles. The van der Waals surface area contributed by atoms with Gasteiger partial charge in [0.15, 0.2) is 11.5 Å². The highest BCUT2D eigenvalue weighted by Crippen LogP contribution is 2.30. The van der Waals surface area contributed by atoms with Crippen molar-refractivity contribution in [3.63, 3.8) is 0 Å². The summed E-state index contributed by atoms with van der Waals surface area (Å²) in [4.78, 5) is 0. The van der Waals surface area contributed by atoms with E-state index in [1.807, 2.05) is 72.8 Å². The van der Waals surface area contributed by atoms with Crippen molar-refractivity contribution in [2.24, 2.45) is 0 Å². The number of halogens is 3. The number of rotatable bonds is 11. The Hall–Kier alpha value is -2.99. The van der Waals surface area contributed by atoms with Crippen LogP contribution in [0, 0.1) is 0 Å². The summed E-state index contributed by atoms with van der Waals surface area (Å²) in [6.07, 6.45) is -5.04. The molecule has 164 valence electrons. The average Bonchev–Trinajstić information content (AvgIpc) is 2.78. The monoisotopic (exact) mass is 429 g/mol. The molecule has 2 unspecified atom stereocenters. The number of nitrogens with one attached hydrogen (secondary N) is 1. The lowest BCUT2D eigenvalue weighted by Gasteiger charge is -2.18. The molecule has 3 nitrogen and oxygen atoms in total. The van der Waals surface area contributed by atoms with Gasteiger partial charge in [0.25, 0.3) is 6.43 Å². The lowest BCUT2D eigenvalue weighted by atomic mass is 10.1. The minimum atomic E-state index is -3.05. The van der Waals surface area contributed by atoms with Crippen LogP contribution in [0.15, 0.2) is 78.9 Å². The molecule has 0 heterocycles. The van der Waals surface area contributed by atoms with Gasteiger partial charge < -0.3 is 9.47 Å². The summed E-state index contributed by atoms with van der Waals surface area (Å²) >= 11 is 0. The second-order valence-electron chi connectivity index (χ2n) is 7.34. The van der Waals surface area contributed by atoms with E-state index in [2.05, 4.69) is 5.32 Å². The number of hydrogen-bond donors (Lipinski definition) is 1. The van der Waals surface area contributed by atoms with Gasteiger partial charge in [0.05, 0.1) is 0 Å². The molecule has 0 saturated carbocycles.